The molecule has 0 atom stereocenters. The fourth-order valence-electron chi connectivity index (χ4n) is 4.02. The number of hydrogen-bond acceptors (Lipinski definition) is 5. The molecule has 5 rings (SSSR count). The highest BCUT2D eigenvalue weighted by molar-refractivity contribution is 7.19. The molecule has 8 heteroatoms. The number of rotatable bonds is 4. The highest BCUT2D eigenvalue weighted by Crippen LogP contribution is 2.28. The third kappa shape index (κ3) is 3.27. The number of fused-ring (bicyclic) bond motifs is 3. The van der Waals surface area contributed by atoms with Crippen molar-refractivity contribution in [3.63, 3.8) is 0 Å². The van der Waals surface area contributed by atoms with Crippen LogP contribution in [0.5, 0.6) is 0 Å². The average Bonchev–Trinajstić information content (AvgIpc) is 3.35. The number of thiophene rings is 1. The Bertz CT molecular complexity index is 1270. The number of carbonyl (C=O) groups is 1. The first kappa shape index (κ1) is 18.9. The summed E-state index contributed by atoms with van der Waals surface area (Å²) in [6.45, 7) is 4.95. The summed E-state index contributed by atoms with van der Waals surface area (Å²) in [5.41, 5.74) is 2.52. The topological polar surface area (TPSA) is 62.9 Å². The van der Waals surface area contributed by atoms with Crippen LogP contribution in [0.3, 0.4) is 0 Å². The van der Waals surface area contributed by atoms with Crippen molar-refractivity contribution in [1.82, 2.24) is 19.1 Å². The Morgan fingerprint density at radius 3 is 2.57 bits per heavy atom. The second-order valence-electron chi connectivity index (χ2n) is 7.51. The zero-order valence-corrected chi connectivity index (χ0v) is 17.6. The van der Waals surface area contributed by atoms with E-state index < -0.39 is 0 Å². The lowest BCUT2D eigenvalue weighted by Crippen LogP contribution is -2.50. The van der Waals surface area contributed by atoms with Crippen molar-refractivity contribution >= 4 is 38.7 Å². The van der Waals surface area contributed by atoms with Gasteiger partial charge < -0.3 is 9.80 Å². The van der Waals surface area contributed by atoms with Gasteiger partial charge in [-0.15, -0.1) is 11.3 Å². The SMILES string of the molecule is CCc1cc2c(cc3c(=O)n(CC(=O)N4CCN(c5ccccc5)CC4)ncn32)s1. The fourth-order valence-corrected chi connectivity index (χ4v) is 5.05. The van der Waals surface area contributed by atoms with Crippen LogP contribution >= 0.6 is 11.3 Å². The molecule has 1 fully saturated rings. The summed E-state index contributed by atoms with van der Waals surface area (Å²) in [5.74, 6) is -0.0664. The monoisotopic (exact) mass is 421 g/mol. The van der Waals surface area contributed by atoms with Gasteiger partial charge in [0.05, 0.1) is 10.2 Å². The van der Waals surface area contributed by atoms with Crippen LogP contribution in [-0.2, 0) is 17.8 Å². The standard InChI is InChI=1S/C22H23N5O2S/c1-2-17-12-18-20(30-17)13-19-22(29)27(23-15-26(18)19)14-21(28)25-10-8-24(9-11-25)16-6-4-3-5-7-16/h3-7,12-13,15H,2,8-11,14H2,1H3. The van der Waals surface area contributed by atoms with Gasteiger partial charge in [-0.1, -0.05) is 25.1 Å². The van der Waals surface area contributed by atoms with Crippen LogP contribution in [0.15, 0.2) is 53.6 Å². The van der Waals surface area contributed by atoms with Crippen molar-refractivity contribution in [3.8, 4) is 0 Å². The molecule has 154 valence electrons. The Balaban J connectivity index is 1.31. The lowest BCUT2D eigenvalue weighted by atomic mass is 10.2. The predicted molar refractivity (Wildman–Crippen MR) is 119 cm³/mol. The second kappa shape index (κ2) is 7.60. The smallest absolute Gasteiger partial charge is 0.291 e. The van der Waals surface area contributed by atoms with Gasteiger partial charge in [-0.2, -0.15) is 5.10 Å². The Morgan fingerprint density at radius 2 is 1.83 bits per heavy atom. The van der Waals surface area contributed by atoms with E-state index in [1.54, 1.807) is 17.7 Å². The Kier molecular flexibility index (Phi) is 4.78. The minimum atomic E-state index is -0.227. The number of para-hydroxylation sites is 1. The summed E-state index contributed by atoms with van der Waals surface area (Å²) in [5, 5.41) is 4.28. The average molecular weight is 422 g/mol. The second-order valence-corrected chi connectivity index (χ2v) is 8.68. The molecule has 30 heavy (non-hydrogen) atoms. The molecular formula is C22H23N5O2S. The summed E-state index contributed by atoms with van der Waals surface area (Å²) < 4.78 is 4.19. The molecule has 0 saturated carbocycles. The van der Waals surface area contributed by atoms with Crippen molar-refractivity contribution in [2.45, 2.75) is 19.9 Å². The van der Waals surface area contributed by atoms with Crippen molar-refractivity contribution in [3.05, 3.63) is 64.0 Å². The largest absolute Gasteiger partial charge is 0.368 e. The third-order valence-corrected chi connectivity index (χ3v) is 6.94. The van der Waals surface area contributed by atoms with Crippen LogP contribution in [-0.4, -0.2) is 51.2 Å². The van der Waals surface area contributed by atoms with E-state index in [4.69, 9.17) is 0 Å². The molecular weight excluding hydrogens is 398 g/mol. The van der Waals surface area contributed by atoms with Gasteiger partial charge in [-0.3, -0.25) is 14.0 Å². The number of hydrogen-bond donors (Lipinski definition) is 0. The molecule has 3 aromatic heterocycles. The summed E-state index contributed by atoms with van der Waals surface area (Å²) in [4.78, 5) is 31.1. The minimum absolute atomic E-state index is 0.0281. The number of aromatic nitrogens is 3. The van der Waals surface area contributed by atoms with Gasteiger partial charge >= 0.3 is 0 Å². The van der Waals surface area contributed by atoms with E-state index in [0.717, 1.165) is 29.7 Å². The van der Waals surface area contributed by atoms with Crippen molar-refractivity contribution in [2.75, 3.05) is 31.1 Å². The normalized spacial score (nSPS) is 14.7. The molecule has 0 aliphatic carbocycles. The van der Waals surface area contributed by atoms with Gasteiger partial charge in [0.1, 0.15) is 18.4 Å². The van der Waals surface area contributed by atoms with E-state index >= 15 is 0 Å². The quantitative estimate of drug-likeness (QED) is 0.508. The maximum atomic E-state index is 12.9. The molecule has 1 saturated heterocycles. The highest BCUT2D eigenvalue weighted by atomic mass is 32.1. The van der Waals surface area contributed by atoms with E-state index in [1.807, 2.05) is 33.6 Å². The van der Waals surface area contributed by atoms with Gasteiger partial charge in [-0.25, -0.2) is 4.68 Å². The number of benzene rings is 1. The Hall–Kier alpha value is -3.13. The highest BCUT2D eigenvalue weighted by Gasteiger charge is 2.22. The Labute approximate surface area is 177 Å². The third-order valence-electron chi connectivity index (χ3n) is 5.73. The van der Waals surface area contributed by atoms with Crippen LogP contribution in [0.1, 0.15) is 11.8 Å². The first-order valence-corrected chi connectivity index (χ1v) is 11.0. The van der Waals surface area contributed by atoms with Gasteiger partial charge in [0.2, 0.25) is 5.91 Å². The van der Waals surface area contributed by atoms with Crippen molar-refractivity contribution < 1.29 is 4.79 Å². The van der Waals surface area contributed by atoms with Gasteiger partial charge in [-0.05, 0) is 30.7 Å². The zero-order valence-electron chi connectivity index (χ0n) is 16.8. The predicted octanol–water partition coefficient (Wildman–Crippen LogP) is 2.62. The Morgan fingerprint density at radius 1 is 1.07 bits per heavy atom. The first-order valence-electron chi connectivity index (χ1n) is 10.2. The lowest BCUT2D eigenvalue weighted by molar-refractivity contribution is -0.132. The fraction of sp³-hybridized carbons (Fsp3) is 0.318. The minimum Gasteiger partial charge on any atom is -0.368 e. The van der Waals surface area contributed by atoms with Crippen LogP contribution < -0.4 is 10.5 Å². The van der Waals surface area contributed by atoms with Crippen LogP contribution in [0.2, 0.25) is 0 Å². The molecule has 4 aromatic rings. The van der Waals surface area contributed by atoms with E-state index in [-0.39, 0.29) is 18.0 Å². The van der Waals surface area contributed by atoms with E-state index in [1.165, 1.54) is 15.2 Å². The summed E-state index contributed by atoms with van der Waals surface area (Å²) in [6.07, 6.45) is 2.61. The maximum Gasteiger partial charge on any atom is 0.291 e. The van der Waals surface area contributed by atoms with Crippen LogP contribution in [0.25, 0.3) is 15.7 Å². The molecule has 1 amide bonds. The molecule has 1 aromatic carbocycles. The van der Waals surface area contributed by atoms with Crippen molar-refractivity contribution in [1.29, 1.82) is 0 Å². The first-order chi connectivity index (χ1) is 14.6. The number of anilines is 1. The van der Waals surface area contributed by atoms with E-state index in [2.05, 4.69) is 35.1 Å². The molecule has 0 N–H and O–H groups in total. The molecule has 4 heterocycles. The van der Waals surface area contributed by atoms with Gasteiger partial charge in [0, 0.05) is 36.7 Å². The summed E-state index contributed by atoms with van der Waals surface area (Å²) in [6, 6.07) is 14.2. The number of carbonyl (C=O) groups excluding carboxylic acids is 1. The van der Waals surface area contributed by atoms with Crippen LogP contribution in [0, 0.1) is 0 Å². The molecule has 0 unspecified atom stereocenters. The molecule has 0 spiro atoms. The van der Waals surface area contributed by atoms with E-state index in [9.17, 15) is 9.59 Å². The maximum absolute atomic E-state index is 12.9. The van der Waals surface area contributed by atoms with Crippen molar-refractivity contribution in [2.24, 2.45) is 0 Å². The summed E-state index contributed by atoms with van der Waals surface area (Å²) >= 11 is 1.70. The van der Waals surface area contributed by atoms with Gasteiger partial charge in [0.25, 0.3) is 5.56 Å². The molecule has 1 aliphatic heterocycles. The zero-order chi connectivity index (χ0) is 20.7. The van der Waals surface area contributed by atoms with Gasteiger partial charge in [0.15, 0.2) is 0 Å². The summed E-state index contributed by atoms with van der Waals surface area (Å²) in [7, 11) is 0. The van der Waals surface area contributed by atoms with E-state index in [0.29, 0.717) is 18.6 Å². The molecule has 7 nitrogen and oxygen atoms in total. The number of amides is 1. The molecule has 0 radical (unpaired) electrons. The molecule has 1 aliphatic rings. The number of piperazine rings is 1. The number of aryl methyl sites for hydroxylation is 1. The van der Waals surface area contributed by atoms with Crippen LogP contribution in [0.4, 0.5) is 5.69 Å². The number of nitrogens with zero attached hydrogens (tertiary/aromatic N) is 5. The lowest BCUT2D eigenvalue weighted by Gasteiger charge is -2.36. The molecule has 0 bridgehead atoms.